The third kappa shape index (κ3) is 3.79. The van der Waals surface area contributed by atoms with Crippen LogP contribution >= 0.6 is 0 Å². The van der Waals surface area contributed by atoms with E-state index in [2.05, 4.69) is 15.6 Å². The molecule has 0 saturated heterocycles. The van der Waals surface area contributed by atoms with Crippen LogP contribution in [-0.4, -0.2) is 21.9 Å². The van der Waals surface area contributed by atoms with Crippen molar-refractivity contribution in [1.29, 1.82) is 0 Å². The highest BCUT2D eigenvalue weighted by Gasteiger charge is 2.16. The SMILES string of the molecule is O=C(N/N=C/c1cn(-c2ccccc2)nc1-c1cc2ccccc2o1)c1ccccc1F. The molecule has 0 saturated carbocycles. The number of carbonyl (C=O) groups is 1. The smallest absolute Gasteiger partial charge is 0.274 e. The van der Waals surface area contributed by atoms with Crippen LogP contribution in [0.3, 0.4) is 0 Å². The number of nitrogens with zero attached hydrogens (tertiary/aromatic N) is 3. The zero-order valence-corrected chi connectivity index (χ0v) is 16.8. The second kappa shape index (κ2) is 8.31. The standard InChI is InChI=1S/C25H17FN4O2/c26-21-12-6-5-11-20(21)25(31)28-27-15-18-16-30(19-9-2-1-3-10-19)29-24(18)23-14-17-8-4-7-13-22(17)32-23/h1-16H,(H,28,31)/b27-15+. The number of nitrogens with one attached hydrogen (secondary N) is 1. The number of fused-ring (bicyclic) bond motifs is 1. The molecular weight excluding hydrogens is 407 g/mol. The van der Waals surface area contributed by atoms with Gasteiger partial charge < -0.3 is 4.42 Å². The van der Waals surface area contributed by atoms with Crippen molar-refractivity contribution in [3.63, 3.8) is 0 Å². The van der Waals surface area contributed by atoms with E-state index in [0.29, 0.717) is 17.0 Å². The summed E-state index contributed by atoms with van der Waals surface area (Å²) in [6.45, 7) is 0. The van der Waals surface area contributed by atoms with Gasteiger partial charge in [0.1, 0.15) is 17.1 Å². The molecule has 32 heavy (non-hydrogen) atoms. The summed E-state index contributed by atoms with van der Waals surface area (Å²) >= 11 is 0. The number of hydrazone groups is 1. The topological polar surface area (TPSA) is 72.4 Å². The third-order valence-corrected chi connectivity index (χ3v) is 4.91. The number of hydrogen-bond donors (Lipinski definition) is 1. The molecule has 0 spiro atoms. The molecule has 1 N–H and O–H groups in total. The molecule has 0 bridgehead atoms. The molecule has 3 aromatic carbocycles. The van der Waals surface area contributed by atoms with Crippen LogP contribution in [0.15, 0.2) is 101 Å². The quantitative estimate of drug-likeness (QED) is 0.312. The molecule has 0 atom stereocenters. The number of para-hydroxylation sites is 2. The van der Waals surface area contributed by atoms with E-state index < -0.39 is 11.7 Å². The van der Waals surface area contributed by atoms with Gasteiger partial charge in [0.2, 0.25) is 0 Å². The van der Waals surface area contributed by atoms with Crippen molar-refractivity contribution in [3.05, 3.63) is 108 Å². The third-order valence-electron chi connectivity index (χ3n) is 4.91. The number of hydrogen-bond acceptors (Lipinski definition) is 4. The lowest BCUT2D eigenvalue weighted by Gasteiger charge is -2.00. The first-order valence-corrected chi connectivity index (χ1v) is 9.91. The van der Waals surface area contributed by atoms with Gasteiger partial charge in [0, 0.05) is 17.1 Å². The summed E-state index contributed by atoms with van der Waals surface area (Å²) in [7, 11) is 0. The lowest BCUT2D eigenvalue weighted by molar-refractivity contribution is 0.0951. The van der Waals surface area contributed by atoms with Gasteiger partial charge in [0.15, 0.2) is 5.76 Å². The molecule has 0 radical (unpaired) electrons. The Bertz CT molecular complexity index is 1400. The minimum absolute atomic E-state index is 0.0814. The Morgan fingerprint density at radius 2 is 1.75 bits per heavy atom. The van der Waals surface area contributed by atoms with Crippen LogP contribution < -0.4 is 5.43 Å². The van der Waals surface area contributed by atoms with E-state index in [4.69, 9.17) is 4.42 Å². The van der Waals surface area contributed by atoms with Gasteiger partial charge in [-0.25, -0.2) is 14.5 Å². The maximum atomic E-state index is 13.8. The molecule has 0 unspecified atom stereocenters. The van der Waals surface area contributed by atoms with Crippen LogP contribution in [0.25, 0.3) is 28.1 Å². The molecule has 0 fully saturated rings. The molecule has 2 heterocycles. The number of rotatable bonds is 5. The minimum atomic E-state index is -0.639. The van der Waals surface area contributed by atoms with Crippen LogP contribution in [0, 0.1) is 5.82 Å². The fraction of sp³-hybridized carbons (Fsp3) is 0. The van der Waals surface area contributed by atoms with Gasteiger partial charge in [-0.2, -0.15) is 10.2 Å². The normalized spacial score (nSPS) is 11.3. The number of benzene rings is 3. The highest BCUT2D eigenvalue weighted by molar-refractivity contribution is 5.96. The van der Waals surface area contributed by atoms with E-state index in [1.165, 1.54) is 24.4 Å². The Labute approximate surface area is 182 Å². The Morgan fingerprint density at radius 1 is 1.00 bits per heavy atom. The zero-order valence-electron chi connectivity index (χ0n) is 16.8. The van der Waals surface area contributed by atoms with Crippen molar-refractivity contribution in [2.75, 3.05) is 0 Å². The first-order chi connectivity index (χ1) is 15.7. The van der Waals surface area contributed by atoms with Crippen molar-refractivity contribution in [3.8, 4) is 17.1 Å². The summed E-state index contributed by atoms with van der Waals surface area (Å²) in [5, 5.41) is 9.65. The summed E-state index contributed by atoms with van der Waals surface area (Å²) < 4.78 is 21.5. The maximum Gasteiger partial charge on any atom is 0.274 e. The molecule has 0 aliphatic carbocycles. The lowest BCUT2D eigenvalue weighted by atomic mass is 10.2. The maximum absolute atomic E-state index is 13.8. The van der Waals surface area contributed by atoms with Crippen LogP contribution in [0.2, 0.25) is 0 Å². The average molecular weight is 424 g/mol. The number of aromatic nitrogens is 2. The van der Waals surface area contributed by atoms with Crippen molar-refractivity contribution < 1.29 is 13.6 Å². The van der Waals surface area contributed by atoms with Crippen LogP contribution in [0.1, 0.15) is 15.9 Å². The van der Waals surface area contributed by atoms with E-state index >= 15 is 0 Å². The van der Waals surface area contributed by atoms with Crippen LogP contribution in [0.4, 0.5) is 4.39 Å². The molecule has 2 aromatic heterocycles. The van der Waals surface area contributed by atoms with E-state index in [9.17, 15) is 9.18 Å². The van der Waals surface area contributed by atoms with E-state index in [1.807, 2.05) is 60.7 Å². The molecule has 5 rings (SSSR count). The largest absolute Gasteiger partial charge is 0.454 e. The Kier molecular flexibility index (Phi) is 5.05. The van der Waals surface area contributed by atoms with Crippen molar-refractivity contribution in [1.82, 2.24) is 15.2 Å². The molecule has 7 heteroatoms. The van der Waals surface area contributed by atoms with Gasteiger partial charge in [0.25, 0.3) is 5.91 Å². The fourth-order valence-electron chi connectivity index (χ4n) is 3.35. The number of furan rings is 1. The Balaban J connectivity index is 1.50. The molecule has 5 aromatic rings. The number of carbonyl (C=O) groups excluding carboxylic acids is 1. The predicted octanol–water partition coefficient (Wildman–Crippen LogP) is 5.19. The molecule has 0 aliphatic heterocycles. The van der Waals surface area contributed by atoms with Gasteiger partial charge in [0.05, 0.1) is 17.5 Å². The van der Waals surface area contributed by atoms with Crippen molar-refractivity contribution >= 4 is 23.1 Å². The first kappa shape index (κ1) is 19.4. The van der Waals surface area contributed by atoms with Crippen molar-refractivity contribution in [2.45, 2.75) is 0 Å². The highest BCUT2D eigenvalue weighted by Crippen LogP contribution is 2.29. The Morgan fingerprint density at radius 3 is 2.56 bits per heavy atom. The predicted molar refractivity (Wildman–Crippen MR) is 120 cm³/mol. The molecule has 0 aliphatic rings. The van der Waals surface area contributed by atoms with Crippen LogP contribution in [-0.2, 0) is 0 Å². The molecule has 1 amide bonds. The van der Waals surface area contributed by atoms with Gasteiger partial charge in [-0.3, -0.25) is 4.79 Å². The molecular formula is C25H17FN4O2. The average Bonchev–Trinajstić information content (AvgIpc) is 3.44. The number of amides is 1. The summed E-state index contributed by atoms with van der Waals surface area (Å²) in [5.74, 6) is -0.678. The summed E-state index contributed by atoms with van der Waals surface area (Å²) in [5.41, 5.74) is 5.08. The summed E-state index contributed by atoms with van der Waals surface area (Å²) in [6.07, 6.45) is 3.25. The minimum Gasteiger partial charge on any atom is -0.454 e. The van der Waals surface area contributed by atoms with E-state index in [0.717, 1.165) is 16.7 Å². The van der Waals surface area contributed by atoms with Gasteiger partial charge in [-0.05, 0) is 36.4 Å². The summed E-state index contributed by atoms with van der Waals surface area (Å²) in [6, 6.07) is 24.9. The van der Waals surface area contributed by atoms with E-state index in [1.54, 1.807) is 16.9 Å². The van der Waals surface area contributed by atoms with Crippen molar-refractivity contribution in [2.24, 2.45) is 5.10 Å². The van der Waals surface area contributed by atoms with Gasteiger partial charge in [-0.15, -0.1) is 0 Å². The highest BCUT2D eigenvalue weighted by atomic mass is 19.1. The Hall–Kier alpha value is -4.52. The van der Waals surface area contributed by atoms with E-state index in [-0.39, 0.29) is 5.56 Å². The first-order valence-electron chi connectivity index (χ1n) is 9.91. The number of halogens is 1. The molecule has 6 nitrogen and oxygen atoms in total. The second-order valence-corrected chi connectivity index (χ2v) is 7.04. The monoisotopic (exact) mass is 424 g/mol. The van der Waals surface area contributed by atoms with Gasteiger partial charge in [-0.1, -0.05) is 48.5 Å². The fourth-order valence-corrected chi connectivity index (χ4v) is 3.35. The zero-order chi connectivity index (χ0) is 21.9. The second-order valence-electron chi connectivity index (χ2n) is 7.04. The van der Waals surface area contributed by atoms with Crippen LogP contribution in [0.5, 0.6) is 0 Å². The lowest BCUT2D eigenvalue weighted by Crippen LogP contribution is -2.18. The molecule has 156 valence electrons. The van der Waals surface area contributed by atoms with Gasteiger partial charge >= 0.3 is 0 Å². The summed E-state index contributed by atoms with van der Waals surface area (Å²) in [4.78, 5) is 12.3.